The van der Waals surface area contributed by atoms with Crippen LogP contribution in [0, 0.1) is 28.6 Å². The fourth-order valence-corrected chi connectivity index (χ4v) is 5.02. The quantitative estimate of drug-likeness (QED) is 0.420. The molecule has 1 saturated heterocycles. The first-order valence-corrected chi connectivity index (χ1v) is 11.1. The lowest BCUT2D eigenvalue weighted by Gasteiger charge is -2.42. The lowest BCUT2D eigenvalue weighted by atomic mass is 9.75. The van der Waals surface area contributed by atoms with E-state index >= 15 is 0 Å². The second-order valence-corrected chi connectivity index (χ2v) is 10.5. The summed E-state index contributed by atoms with van der Waals surface area (Å²) >= 11 is 0. The average Bonchev–Trinajstić information content (AvgIpc) is 3.17. The molecule has 1 aromatic carbocycles. The van der Waals surface area contributed by atoms with Gasteiger partial charge >= 0.3 is 0 Å². The number of hydrogen-bond acceptors (Lipinski definition) is 1. The molecule has 27 heavy (non-hydrogen) atoms. The van der Waals surface area contributed by atoms with Crippen LogP contribution in [0.1, 0.15) is 77.8 Å². The van der Waals surface area contributed by atoms with Crippen molar-refractivity contribution in [2.24, 2.45) is 28.6 Å². The Morgan fingerprint density at radius 1 is 1.04 bits per heavy atom. The molecule has 0 aromatic heterocycles. The standard InChI is InChI=1S/C26H40O/c1-20-21(2)24(20)26(18-27-19-26)17-9-7-11-23-14-12-22(13-15-23)10-6-8-16-25(3,4)5/h7,11-15,20-21,24H,6,8-10,16-19H2,1-5H3/b11-7+/t20-,21?,24?/m0/s1. The molecule has 0 bridgehead atoms. The first kappa shape index (κ1) is 20.6. The van der Waals surface area contributed by atoms with Gasteiger partial charge in [0, 0.05) is 5.41 Å². The second-order valence-electron chi connectivity index (χ2n) is 10.5. The summed E-state index contributed by atoms with van der Waals surface area (Å²) in [7, 11) is 0. The highest BCUT2D eigenvalue weighted by atomic mass is 16.5. The number of hydrogen-bond donors (Lipinski definition) is 0. The Bertz CT molecular complexity index is 607. The van der Waals surface area contributed by atoms with E-state index in [-0.39, 0.29) is 0 Å². The Morgan fingerprint density at radius 2 is 1.70 bits per heavy atom. The highest BCUT2D eigenvalue weighted by molar-refractivity contribution is 5.49. The van der Waals surface area contributed by atoms with Crippen LogP contribution in [0.4, 0.5) is 0 Å². The Labute approximate surface area is 167 Å². The number of unbranched alkanes of at least 4 members (excludes halogenated alkanes) is 1. The fraction of sp³-hybridized carbons (Fsp3) is 0.692. The summed E-state index contributed by atoms with van der Waals surface area (Å²) in [4.78, 5) is 0. The third kappa shape index (κ3) is 5.47. The van der Waals surface area contributed by atoms with Gasteiger partial charge in [-0.15, -0.1) is 0 Å². The van der Waals surface area contributed by atoms with Crippen molar-refractivity contribution < 1.29 is 4.74 Å². The molecule has 1 heteroatoms. The van der Waals surface area contributed by atoms with Gasteiger partial charge in [-0.3, -0.25) is 0 Å². The molecule has 0 spiro atoms. The molecule has 1 nitrogen and oxygen atoms in total. The Balaban J connectivity index is 1.39. The highest BCUT2D eigenvalue weighted by Gasteiger charge is 2.58. The molecule has 0 amide bonds. The van der Waals surface area contributed by atoms with Crippen LogP contribution in [-0.2, 0) is 11.2 Å². The summed E-state index contributed by atoms with van der Waals surface area (Å²) in [5, 5.41) is 0. The molecule has 1 aromatic rings. The number of rotatable bonds is 9. The zero-order chi connectivity index (χ0) is 19.5. The normalized spacial score (nSPS) is 26.9. The van der Waals surface area contributed by atoms with Gasteiger partial charge in [0.25, 0.3) is 0 Å². The van der Waals surface area contributed by atoms with Gasteiger partial charge in [0.2, 0.25) is 0 Å². The van der Waals surface area contributed by atoms with Crippen molar-refractivity contribution in [1.82, 2.24) is 0 Å². The van der Waals surface area contributed by atoms with E-state index in [1.165, 1.54) is 49.7 Å². The molecule has 1 saturated carbocycles. The van der Waals surface area contributed by atoms with E-state index in [1.807, 2.05) is 0 Å². The molecule has 0 N–H and O–H groups in total. The molecule has 1 aliphatic heterocycles. The molecule has 2 unspecified atom stereocenters. The van der Waals surface area contributed by atoms with Crippen molar-refractivity contribution in [3.05, 3.63) is 41.5 Å². The van der Waals surface area contributed by atoms with E-state index in [0.717, 1.165) is 31.0 Å². The summed E-state index contributed by atoms with van der Waals surface area (Å²) in [6.07, 6.45) is 12.3. The van der Waals surface area contributed by atoms with Crippen molar-refractivity contribution in [3.8, 4) is 0 Å². The van der Waals surface area contributed by atoms with Crippen molar-refractivity contribution in [1.29, 1.82) is 0 Å². The lowest BCUT2D eigenvalue weighted by Crippen LogP contribution is -2.45. The van der Waals surface area contributed by atoms with Crippen molar-refractivity contribution in [2.75, 3.05) is 13.2 Å². The van der Waals surface area contributed by atoms with Gasteiger partial charge in [-0.2, -0.15) is 0 Å². The maximum absolute atomic E-state index is 5.60. The zero-order valence-electron chi connectivity index (χ0n) is 18.3. The van der Waals surface area contributed by atoms with Gasteiger partial charge in [0.05, 0.1) is 13.2 Å². The molecule has 1 heterocycles. The second kappa shape index (κ2) is 8.52. The van der Waals surface area contributed by atoms with E-state index in [2.05, 4.69) is 71.0 Å². The minimum absolute atomic E-state index is 0.467. The molecular formula is C26H40O. The predicted molar refractivity (Wildman–Crippen MR) is 117 cm³/mol. The van der Waals surface area contributed by atoms with Crippen LogP contribution in [0.15, 0.2) is 30.3 Å². The minimum atomic E-state index is 0.467. The Hall–Kier alpha value is -1.08. The third-order valence-corrected chi connectivity index (χ3v) is 7.05. The molecule has 3 atom stereocenters. The van der Waals surface area contributed by atoms with Gasteiger partial charge in [0.15, 0.2) is 0 Å². The fourth-order valence-electron chi connectivity index (χ4n) is 5.02. The topological polar surface area (TPSA) is 9.23 Å². The van der Waals surface area contributed by atoms with Crippen molar-refractivity contribution in [3.63, 3.8) is 0 Å². The van der Waals surface area contributed by atoms with E-state index in [9.17, 15) is 0 Å². The molecule has 150 valence electrons. The third-order valence-electron chi connectivity index (χ3n) is 7.05. The first-order chi connectivity index (χ1) is 12.8. The van der Waals surface area contributed by atoms with Crippen LogP contribution in [-0.4, -0.2) is 13.2 Å². The SMILES string of the molecule is CC1C(C2(CC/C=C/c3ccc(CCCCC(C)(C)C)cc3)COC2)[C@H]1C. The summed E-state index contributed by atoms with van der Waals surface area (Å²) in [5.74, 6) is 2.69. The van der Waals surface area contributed by atoms with Crippen LogP contribution < -0.4 is 0 Å². The summed E-state index contributed by atoms with van der Waals surface area (Å²) in [5.41, 5.74) is 3.76. The van der Waals surface area contributed by atoms with Gasteiger partial charge in [-0.25, -0.2) is 0 Å². The van der Waals surface area contributed by atoms with Crippen molar-refractivity contribution >= 4 is 6.08 Å². The van der Waals surface area contributed by atoms with E-state index in [4.69, 9.17) is 4.74 Å². The molecule has 0 radical (unpaired) electrons. The smallest absolute Gasteiger partial charge is 0.0547 e. The maximum Gasteiger partial charge on any atom is 0.0547 e. The summed E-state index contributed by atoms with van der Waals surface area (Å²) < 4.78 is 5.60. The van der Waals surface area contributed by atoms with Gasteiger partial charge in [-0.05, 0) is 66.4 Å². The van der Waals surface area contributed by atoms with E-state index in [1.54, 1.807) is 0 Å². The molecule has 3 rings (SSSR count). The van der Waals surface area contributed by atoms with E-state index < -0.39 is 0 Å². The molecule has 1 aliphatic carbocycles. The van der Waals surface area contributed by atoms with Crippen LogP contribution >= 0.6 is 0 Å². The predicted octanol–water partition coefficient (Wildman–Crippen LogP) is 7.16. The van der Waals surface area contributed by atoms with Crippen LogP contribution in [0.2, 0.25) is 0 Å². The van der Waals surface area contributed by atoms with Crippen LogP contribution in [0.25, 0.3) is 6.08 Å². The number of ether oxygens (including phenoxy) is 1. The Kier molecular flexibility index (Phi) is 6.51. The largest absolute Gasteiger partial charge is 0.380 e. The molecule has 2 aliphatic rings. The van der Waals surface area contributed by atoms with Crippen LogP contribution in [0.5, 0.6) is 0 Å². The highest BCUT2D eigenvalue weighted by Crippen LogP contribution is 2.60. The van der Waals surface area contributed by atoms with Gasteiger partial charge in [0.1, 0.15) is 0 Å². The Morgan fingerprint density at radius 3 is 2.22 bits per heavy atom. The van der Waals surface area contributed by atoms with E-state index in [0.29, 0.717) is 10.8 Å². The van der Waals surface area contributed by atoms with Gasteiger partial charge < -0.3 is 4.74 Å². The number of benzene rings is 1. The minimum Gasteiger partial charge on any atom is -0.380 e. The zero-order valence-corrected chi connectivity index (χ0v) is 18.3. The summed E-state index contributed by atoms with van der Waals surface area (Å²) in [6, 6.07) is 9.18. The van der Waals surface area contributed by atoms with Crippen LogP contribution in [0.3, 0.4) is 0 Å². The average molecular weight is 369 g/mol. The maximum atomic E-state index is 5.60. The lowest BCUT2D eigenvalue weighted by molar-refractivity contribution is -0.134. The molecular weight excluding hydrogens is 328 g/mol. The van der Waals surface area contributed by atoms with Gasteiger partial charge in [-0.1, -0.05) is 77.5 Å². The first-order valence-electron chi connectivity index (χ1n) is 11.1. The molecule has 2 fully saturated rings. The summed E-state index contributed by atoms with van der Waals surface area (Å²) in [6.45, 7) is 13.8. The number of aryl methyl sites for hydroxylation is 1. The number of allylic oxidation sites excluding steroid dienone is 1. The van der Waals surface area contributed by atoms with Crippen molar-refractivity contribution in [2.45, 2.75) is 73.1 Å². The monoisotopic (exact) mass is 368 g/mol.